The van der Waals surface area contributed by atoms with Crippen LogP contribution in [0.3, 0.4) is 0 Å². The number of H-pyrrole nitrogens is 1. The van der Waals surface area contributed by atoms with E-state index in [4.69, 9.17) is 0 Å². The van der Waals surface area contributed by atoms with E-state index in [9.17, 15) is 0 Å². The molecule has 0 aliphatic carbocycles. The van der Waals surface area contributed by atoms with E-state index in [2.05, 4.69) is 14.3 Å². The molecule has 0 amide bonds. The largest absolute Gasteiger partial charge is 0.344 e. The standard InChI is InChI=1S/C6H5N3S/c1-2-9-10-5(1)6-7-3-4-8-6/h1-4H,(H,7,8). The molecule has 0 unspecified atom stereocenters. The maximum Gasteiger partial charge on any atom is 0.148 e. The first-order valence-corrected chi connectivity index (χ1v) is 3.64. The van der Waals surface area contributed by atoms with Crippen molar-refractivity contribution in [1.29, 1.82) is 0 Å². The number of aromatic nitrogens is 3. The highest BCUT2D eigenvalue weighted by molar-refractivity contribution is 7.09. The Morgan fingerprint density at radius 3 is 3.00 bits per heavy atom. The summed E-state index contributed by atoms with van der Waals surface area (Å²) in [6, 6.07) is 1.93. The summed E-state index contributed by atoms with van der Waals surface area (Å²) < 4.78 is 3.96. The number of nitrogens with one attached hydrogen (secondary N) is 1. The molecule has 0 aromatic carbocycles. The fourth-order valence-corrected chi connectivity index (χ4v) is 1.29. The van der Waals surface area contributed by atoms with Crippen molar-refractivity contribution in [3.63, 3.8) is 0 Å². The van der Waals surface area contributed by atoms with Crippen LogP contribution < -0.4 is 0 Å². The monoisotopic (exact) mass is 151 g/mol. The van der Waals surface area contributed by atoms with E-state index < -0.39 is 0 Å². The Hall–Kier alpha value is -1.16. The number of hydrogen-bond acceptors (Lipinski definition) is 3. The molecule has 4 heteroatoms. The van der Waals surface area contributed by atoms with Gasteiger partial charge in [0.2, 0.25) is 0 Å². The van der Waals surface area contributed by atoms with Crippen molar-refractivity contribution in [3.8, 4) is 10.7 Å². The minimum absolute atomic E-state index is 0.891. The van der Waals surface area contributed by atoms with Gasteiger partial charge in [0.1, 0.15) is 5.82 Å². The van der Waals surface area contributed by atoms with Gasteiger partial charge in [0.05, 0.1) is 4.88 Å². The highest BCUT2D eigenvalue weighted by atomic mass is 32.1. The van der Waals surface area contributed by atoms with E-state index in [1.165, 1.54) is 11.5 Å². The van der Waals surface area contributed by atoms with Gasteiger partial charge in [-0.1, -0.05) is 0 Å². The van der Waals surface area contributed by atoms with Gasteiger partial charge in [0.25, 0.3) is 0 Å². The van der Waals surface area contributed by atoms with Crippen LogP contribution in [0.2, 0.25) is 0 Å². The molecule has 0 fully saturated rings. The molecule has 0 spiro atoms. The van der Waals surface area contributed by atoms with Gasteiger partial charge in [-0.2, -0.15) is 0 Å². The molecule has 0 atom stereocenters. The Kier molecular flexibility index (Phi) is 1.25. The fraction of sp³-hybridized carbons (Fsp3) is 0. The molecule has 10 heavy (non-hydrogen) atoms. The third-order valence-corrected chi connectivity index (χ3v) is 1.92. The number of rotatable bonds is 1. The molecule has 1 N–H and O–H groups in total. The van der Waals surface area contributed by atoms with Crippen LogP contribution in [0.5, 0.6) is 0 Å². The number of imidazole rings is 1. The first kappa shape index (κ1) is 5.61. The van der Waals surface area contributed by atoms with E-state index in [-0.39, 0.29) is 0 Å². The molecule has 0 aliphatic rings. The Bertz CT molecular complexity index is 252. The Morgan fingerprint density at radius 2 is 2.40 bits per heavy atom. The van der Waals surface area contributed by atoms with Gasteiger partial charge in [-0.15, -0.1) is 0 Å². The maximum absolute atomic E-state index is 4.07. The van der Waals surface area contributed by atoms with Crippen LogP contribution in [0, 0.1) is 0 Å². The summed E-state index contributed by atoms with van der Waals surface area (Å²) in [7, 11) is 0. The van der Waals surface area contributed by atoms with Gasteiger partial charge in [0.15, 0.2) is 0 Å². The zero-order valence-electron chi connectivity index (χ0n) is 5.11. The molecule has 2 heterocycles. The molecule has 50 valence electrons. The Labute approximate surface area is 61.9 Å². The van der Waals surface area contributed by atoms with E-state index in [1.807, 2.05) is 6.07 Å². The summed E-state index contributed by atoms with van der Waals surface area (Å²) in [5.74, 6) is 0.891. The summed E-state index contributed by atoms with van der Waals surface area (Å²) in [5, 5.41) is 0. The van der Waals surface area contributed by atoms with Crippen molar-refractivity contribution in [2.45, 2.75) is 0 Å². The van der Waals surface area contributed by atoms with Gasteiger partial charge >= 0.3 is 0 Å². The molecule has 2 rings (SSSR count). The first-order valence-electron chi connectivity index (χ1n) is 2.87. The van der Waals surface area contributed by atoms with Crippen LogP contribution in [0.15, 0.2) is 24.7 Å². The van der Waals surface area contributed by atoms with Crippen LogP contribution in [0.25, 0.3) is 10.7 Å². The first-order chi connectivity index (χ1) is 4.97. The summed E-state index contributed by atoms with van der Waals surface area (Å²) >= 11 is 1.44. The molecule has 2 aromatic heterocycles. The molecule has 0 bridgehead atoms. The smallest absolute Gasteiger partial charge is 0.148 e. The zero-order valence-corrected chi connectivity index (χ0v) is 5.93. The van der Waals surface area contributed by atoms with E-state index >= 15 is 0 Å². The van der Waals surface area contributed by atoms with Crippen LogP contribution in [-0.2, 0) is 0 Å². The van der Waals surface area contributed by atoms with Crippen LogP contribution >= 0.6 is 11.5 Å². The summed E-state index contributed by atoms with van der Waals surface area (Å²) in [6.07, 6.45) is 5.30. The normalized spacial score (nSPS) is 10.0. The zero-order chi connectivity index (χ0) is 6.81. The molecule has 0 saturated carbocycles. The molecule has 3 nitrogen and oxygen atoms in total. The minimum Gasteiger partial charge on any atom is -0.344 e. The lowest BCUT2D eigenvalue weighted by Crippen LogP contribution is -1.71. The van der Waals surface area contributed by atoms with Crippen molar-refractivity contribution >= 4 is 11.5 Å². The Balaban J connectivity index is 2.48. The van der Waals surface area contributed by atoms with Crippen molar-refractivity contribution in [2.24, 2.45) is 0 Å². The number of aromatic amines is 1. The average Bonchev–Trinajstić information content (AvgIpc) is 2.59. The van der Waals surface area contributed by atoms with Crippen LogP contribution in [0.4, 0.5) is 0 Å². The molecular formula is C6H5N3S. The summed E-state index contributed by atoms with van der Waals surface area (Å²) in [4.78, 5) is 8.15. The molecular weight excluding hydrogens is 146 g/mol. The highest BCUT2D eigenvalue weighted by Crippen LogP contribution is 2.16. The second kappa shape index (κ2) is 2.22. The van der Waals surface area contributed by atoms with Crippen molar-refractivity contribution in [3.05, 3.63) is 24.7 Å². The van der Waals surface area contributed by atoms with Crippen molar-refractivity contribution < 1.29 is 0 Å². The predicted molar refractivity (Wildman–Crippen MR) is 39.7 cm³/mol. The van der Waals surface area contributed by atoms with Gasteiger partial charge in [0, 0.05) is 18.6 Å². The average molecular weight is 151 g/mol. The molecule has 0 radical (unpaired) electrons. The quantitative estimate of drug-likeness (QED) is 0.671. The maximum atomic E-state index is 4.07. The third-order valence-electron chi connectivity index (χ3n) is 1.17. The van der Waals surface area contributed by atoms with Gasteiger partial charge in [-0.25, -0.2) is 9.36 Å². The van der Waals surface area contributed by atoms with Gasteiger partial charge < -0.3 is 4.98 Å². The number of hydrogen-bond donors (Lipinski definition) is 1. The third kappa shape index (κ3) is 0.823. The second-order valence-corrected chi connectivity index (χ2v) is 2.65. The van der Waals surface area contributed by atoms with Crippen LogP contribution in [0.1, 0.15) is 0 Å². The minimum atomic E-state index is 0.891. The SMILES string of the molecule is c1cc(-c2ncc[nH]2)sn1. The van der Waals surface area contributed by atoms with Crippen molar-refractivity contribution in [2.75, 3.05) is 0 Å². The predicted octanol–water partition coefficient (Wildman–Crippen LogP) is 1.53. The van der Waals surface area contributed by atoms with E-state index in [1.54, 1.807) is 18.6 Å². The molecule has 0 saturated heterocycles. The van der Waals surface area contributed by atoms with Crippen molar-refractivity contribution in [1.82, 2.24) is 14.3 Å². The number of nitrogens with zero attached hydrogens (tertiary/aromatic N) is 2. The molecule has 0 aliphatic heterocycles. The lowest BCUT2D eigenvalue weighted by molar-refractivity contribution is 1.33. The van der Waals surface area contributed by atoms with E-state index in [0.717, 1.165) is 10.7 Å². The van der Waals surface area contributed by atoms with Gasteiger partial charge in [-0.3, -0.25) is 0 Å². The van der Waals surface area contributed by atoms with Crippen LogP contribution in [-0.4, -0.2) is 14.3 Å². The Morgan fingerprint density at radius 1 is 1.40 bits per heavy atom. The topological polar surface area (TPSA) is 41.6 Å². The second-order valence-electron chi connectivity index (χ2n) is 1.81. The summed E-state index contributed by atoms with van der Waals surface area (Å²) in [6.45, 7) is 0. The lowest BCUT2D eigenvalue weighted by atomic mass is 10.5. The fourth-order valence-electron chi connectivity index (χ4n) is 0.738. The van der Waals surface area contributed by atoms with Gasteiger partial charge in [-0.05, 0) is 17.6 Å². The lowest BCUT2D eigenvalue weighted by Gasteiger charge is -1.83. The summed E-state index contributed by atoms with van der Waals surface area (Å²) in [5.41, 5.74) is 0. The highest BCUT2D eigenvalue weighted by Gasteiger charge is 1.98. The van der Waals surface area contributed by atoms with E-state index in [0.29, 0.717) is 0 Å². The molecule has 2 aromatic rings.